The van der Waals surface area contributed by atoms with Crippen molar-refractivity contribution < 1.29 is 0 Å². The summed E-state index contributed by atoms with van der Waals surface area (Å²) in [5.41, 5.74) is 12.5. The second kappa shape index (κ2) is 5.36. The maximum Gasteiger partial charge on any atom is 0.0292 e. The molecule has 1 nitrogen and oxygen atoms in total. The van der Waals surface area contributed by atoms with Gasteiger partial charge in [-0.2, -0.15) is 0 Å². The van der Waals surface area contributed by atoms with Crippen LogP contribution in [0, 0.1) is 13.8 Å². The van der Waals surface area contributed by atoms with Gasteiger partial charge in [0.1, 0.15) is 0 Å². The van der Waals surface area contributed by atoms with E-state index in [4.69, 9.17) is 5.73 Å². The van der Waals surface area contributed by atoms with Gasteiger partial charge in [-0.25, -0.2) is 0 Å². The Morgan fingerprint density at radius 3 is 2.33 bits per heavy atom. The second-order valence-electron chi connectivity index (χ2n) is 4.94. The quantitative estimate of drug-likeness (QED) is 0.845. The van der Waals surface area contributed by atoms with E-state index < -0.39 is 0 Å². The molecule has 1 heteroatoms. The van der Waals surface area contributed by atoms with Crippen molar-refractivity contribution in [1.29, 1.82) is 0 Å². The first-order chi connectivity index (χ1) is 8.61. The zero-order chi connectivity index (χ0) is 13.1. The molecule has 0 fully saturated rings. The highest BCUT2D eigenvalue weighted by Gasteiger charge is 2.05. The van der Waals surface area contributed by atoms with Crippen molar-refractivity contribution in [3.05, 3.63) is 59.2 Å². The van der Waals surface area contributed by atoms with Gasteiger partial charge >= 0.3 is 0 Å². The summed E-state index contributed by atoms with van der Waals surface area (Å²) >= 11 is 0. The maximum atomic E-state index is 6.10. The van der Waals surface area contributed by atoms with Gasteiger partial charge in [0.2, 0.25) is 0 Å². The monoisotopic (exact) mass is 239 g/mol. The molecule has 0 spiro atoms. The minimum absolute atomic E-state index is 0.136. The summed E-state index contributed by atoms with van der Waals surface area (Å²) in [6, 6.07) is 15.3. The van der Waals surface area contributed by atoms with Crippen LogP contribution in [0.5, 0.6) is 0 Å². The van der Waals surface area contributed by atoms with Crippen molar-refractivity contribution in [2.75, 3.05) is 0 Å². The van der Waals surface area contributed by atoms with E-state index >= 15 is 0 Å². The fourth-order valence-electron chi connectivity index (χ4n) is 2.11. The van der Waals surface area contributed by atoms with Crippen molar-refractivity contribution >= 4 is 0 Å². The lowest BCUT2D eigenvalue weighted by atomic mass is 9.96. The maximum absolute atomic E-state index is 6.10. The van der Waals surface area contributed by atoms with Crippen molar-refractivity contribution in [2.45, 2.75) is 33.2 Å². The third kappa shape index (κ3) is 2.62. The molecule has 0 heterocycles. The first-order valence-corrected chi connectivity index (χ1v) is 6.55. The lowest BCUT2D eigenvalue weighted by molar-refractivity contribution is 0.699. The molecule has 2 N–H and O–H groups in total. The van der Waals surface area contributed by atoms with E-state index in [-0.39, 0.29) is 6.04 Å². The summed E-state index contributed by atoms with van der Waals surface area (Å²) in [5.74, 6) is 0. The Balaban J connectivity index is 2.41. The summed E-state index contributed by atoms with van der Waals surface area (Å²) in [5, 5.41) is 0. The SMILES string of the molecule is CCC(N)c1cccc(-c2ccc(C)c(C)c2)c1. The first kappa shape index (κ1) is 12.8. The van der Waals surface area contributed by atoms with Crippen molar-refractivity contribution in [3.63, 3.8) is 0 Å². The van der Waals surface area contributed by atoms with Crippen LogP contribution >= 0.6 is 0 Å². The summed E-state index contributed by atoms with van der Waals surface area (Å²) in [7, 11) is 0. The van der Waals surface area contributed by atoms with Crippen LogP contribution in [-0.4, -0.2) is 0 Å². The van der Waals surface area contributed by atoms with E-state index in [1.807, 2.05) is 0 Å². The molecule has 0 aliphatic carbocycles. The summed E-state index contributed by atoms with van der Waals surface area (Å²) in [4.78, 5) is 0. The Labute approximate surface area is 110 Å². The van der Waals surface area contributed by atoms with Gasteiger partial charge in [-0.1, -0.05) is 43.3 Å². The zero-order valence-electron chi connectivity index (χ0n) is 11.4. The minimum Gasteiger partial charge on any atom is -0.324 e. The van der Waals surface area contributed by atoms with Gasteiger partial charge in [-0.05, 0) is 54.2 Å². The van der Waals surface area contributed by atoms with Gasteiger partial charge in [0, 0.05) is 6.04 Å². The van der Waals surface area contributed by atoms with Crippen LogP contribution in [-0.2, 0) is 0 Å². The van der Waals surface area contributed by atoms with Gasteiger partial charge in [-0.3, -0.25) is 0 Å². The smallest absolute Gasteiger partial charge is 0.0292 e. The first-order valence-electron chi connectivity index (χ1n) is 6.55. The largest absolute Gasteiger partial charge is 0.324 e. The van der Waals surface area contributed by atoms with E-state index in [9.17, 15) is 0 Å². The molecule has 0 saturated heterocycles. The lowest BCUT2D eigenvalue weighted by Gasteiger charge is -2.12. The normalized spacial score (nSPS) is 12.4. The summed E-state index contributed by atoms with van der Waals surface area (Å²) < 4.78 is 0. The molecule has 94 valence electrons. The van der Waals surface area contributed by atoms with Crippen LogP contribution in [0.2, 0.25) is 0 Å². The van der Waals surface area contributed by atoms with Crippen molar-refractivity contribution in [3.8, 4) is 11.1 Å². The van der Waals surface area contributed by atoms with E-state index in [1.165, 1.54) is 27.8 Å². The number of nitrogens with two attached hydrogens (primary N) is 1. The number of benzene rings is 2. The molecular weight excluding hydrogens is 218 g/mol. The third-order valence-corrected chi connectivity index (χ3v) is 3.59. The zero-order valence-corrected chi connectivity index (χ0v) is 11.4. The Morgan fingerprint density at radius 2 is 1.67 bits per heavy atom. The van der Waals surface area contributed by atoms with E-state index in [0.717, 1.165) is 6.42 Å². The van der Waals surface area contributed by atoms with Crippen molar-refractivity contribution in [1.82, 2.24) is 0 Å². The fraction of sp³-hybridized carbons (Fsp3) is 0.294. The lowest BCUT2D eigenvalue weighted by Crippen LogP contribution is -2.08. The van der Waals surface area contributed by atoms with E-state index in [0.29, 0.717) is 0 Å². The number of aryl methyl sites for hydroxylation is 2. The molecular formula is C17H21N. The molecule has 18 heavy (non-hydrogen) atoms. The molecule has 0 aliphatic heterocycles. The van der Waals surface area contributed by atoms with Crippen LogP contribution in [0.3, 0.4) is 0 Å². The molecule has 0 amide bonds. The number of hydrogen-bond donors (Lipinski definition) is 1. The second-order valence-corrected chi connectivity index (χ2v) is 4.94. The predicted octanol–water partition coefficient (Wildman–Crippen LogP) is 4.38. The molecule has 0 saturated carbocycles. The molecule has 0 bridgehead atoms. The highest BCUT2D eigenvalue weighted by molar-refractivity contribution is 5.65. The van der Waals surface area contributed by atoms with Gasteiger partial charge in [0.15, 0.2) is 0 Å². The third-order valence-electron chi connectivity index (χ3n) is 3.59. The Bertz CT molecular complexity index is 543. The molecule has 1 atom stereocenters. The van der Waals surface area contributed by atoms with Crippen LogP contribution < -0.4 is 5.73 Å². The summed E-state index contributed by atoms with van der Waals surface area (Å²) in [6.07, 6.45) is 0.969. The van der Waals surface area contributed by atoms with Crippen LogP contribution in [0.15, 0.2) is 42.5 Å². The molecule has 0 aromatic heterocycles. The van der Waals surface area contributed by atoms with Crippen molar-refractivity contribution in [2.24, 2.45) is 5.73 Å². The van der Waals surface area contributed by atoms with Gasteiger partial charge < -0.3 is 5.73 Å². The fourth-order valence-corrected chi connectivity index (χ4v) is 2.11. The highest BCUT2D eigenvalue weighted by Crippen LogP contribution is 2.25. The van der Waals surface area contributed by atoms with E-state index in [1.54, 1.807) is 0 Å². The Hall–Kier alpha value is -1.60. The molecule has 2 aromatic carbocycles. The van der Waals surface area contributed by atoms with Gasteiger partial charge in [0.25, 0.3) is 0 Å². The molecule has 2 aromatic rings. The molecule has 0 radical (unpaired) electrons. The minimum atomic E-state index is 0.136. The molecule has 0 aliphatic rings. The molecule has 1 unspecified atom stereocenters. The average Bonchev–Trinajstić information content (AvgIpc) is 2.41. The Morgan fingerprint density at radius 1 is 0.944 bits per heavy atom. The van der Waals surface area contributed by atoms with Crippen LogP contribution in [0.4, 0.5) is 0 Å². The Kier molecular flexibility index (Phi) is 3.83. The van der Waals surface area contributed by atoms with Crippen LogP contribution in [0.25, 0.3) is 11.1 Å². The standard InChI is InChI=1S/C17H21N/c1-4-17(18)16-7-5-6-14(11-16)15-9-8-12(2)13(3)10-15/h5-11,17H,4,18H2,1-3H3. The topological polar surface area (TPSA) is 26.0 Å². The predicted molar refractivity (Wildman–Crippen MR) is 78.6 cm³/mol. The van der Waals surface area contributed by atoms with Gasteiger partial charge in [-0.15, -0.1) is 0 Å². The van der Waals surface area contributed by atoms with Crippen LogP contribution in [0.1, 0.15) is 36.1 Å². The highest BCUT2D eigenvalue weighted by atomic mass is 14.6. The van der Waals surface area contributed by atoms with E-state index in [2.05, 4.69) is 63.2 Å². The number of hydrogen-bond acceptors (Lipinski definition) is 1. The number of rotatable bonds is 3. The summed E-state index contributed by atoms with van der Waals surface area (Å²) in [6.45, 7) is 6.41. The average molecular weight is 239 g/mol. The van der Waals surface area contributed by atoms with Gasteiger partial charge in [0.05, 0.1) is 0 Å². The molecule has 2 rings (SSSR count).